The molecule has 2 heterocycles. The van der Waals surface area contributed by atoms with Gasteiger partial charge in [0, 0.05) is 23.7 Å². The second kappa shape index (κ2) is 8.57. The number of nitrogens with zero attached hydrogens (tertiary/aromatic N) is 1. The number of rotatable bonds is 4. The van der Waals surface area contributed by atoms with Gasteiger partial charge in [0.2, 0.25) is 5.91 Å². The monoisotopic (exact) mass is 408 g/mol. The number of carbonyl (C=O) groups is 2. The summed E-state index contributed by atoms with van der Waals surface area (Å²) in [6, 6.07) is 19.3. The minimum absolute atomic E-state index is 0.0492. The van der Waals surface area contributed by atoms with Crippen LogP contribution in [0.2, 0.25) is 0 Å². The van der Waals surface area contributed by atoms with Crippen molar-refractivity contribution in [2.75, 3.05) is 18.4 Å². The van der Waals surface area contributed by atoms with E-state index in [0.29, 0.717) is 18.0 Å². The molecule has 148 valence electrons. The van der Waals surface area contributed by atoms with E-state index in [9.17, 15) is 14.0 Å². The van der Waals surface area contributed by atoms with Gasteiger partial charge in [0.15, 0.2) is 0 Å². The van der Waals surface area contributed by atoms with Crippen molar-refractivity contribution in [2.45, 2.75) is 12.8 Å². The summed E-state index contributed by atoms with van der Waals surface area (Å²) in [5, 5.41) is 2.94. The Kier molecular flexibility index (Phi) is 5.71. The number of benzene rings is 2. The number of thiophene rings is 1. The number of hydrogen-bond donors (Lipinski definition) is 1. The Morgan fingerprint density at radius 3 is 2.52 bits per heavy atom. The fourth-order valence-corrected chi connectivity index (χ4v) is 4.50. The number of likely N-dealkylation sites (tertiary alicyclic amines) is 1. The Labute approximate surface area is 173 Å². The van der Waals surface area contributed by atoms with Crippen molar-refractivity contribution in [3.8, 4) is 10.4 Å². The second-order valence-corrected chi connectivity index (χ2v) is 8.20. The third-order valence-corrected chi connectivity index (χ3v) is 6.19. The summed E-state index contributed by atoms with van der Waals surface area (Å²) in [4.78, 5) is 28.9. The van der Waals surface area contributed by atoms with Gasteiger partial charge >= 0.3 is 0 Å². The quantitative estimate of drug-likeness (QED) is 0.657. The Hall–Kier alpha value is -2.99. The van der Waals surface area contributed by atoms with E-state index < -0.39 is 0 Å². The van der Waals surface area contributed by atoms with Gasteiger partial charge in [0.05, 0.1) is 10.8 Å². The average molecular weight is 408 g/mol. The number of hydrogen-bond acceptors (Lipinski definition) is 3. The number of piperidine rings is 1. The molecule has 4 rings (SSSR count). The number of nitrogens with one attached hydrogen (secondary N) is 1. The van der Waals surface area contributed by atoms with E-state index in [-0.39, 0.29) is 23.5 Å². The van der Waals surface area contributed by atoms with Gasteiger partial charge in [-0.15, -0.1) is 11.3 Å². The van der Waals surface area contributed by atoms with Crippen LogP contribution in [0.25, 0.3) is 10.4 Å². The molecule has 0 spiro atoms. The molecule has 1 N–H and O–H groups in total. The summed E-state index contributed by atoms with van der Waals surface area (Å²) in [6.07, 6.45) is 1.57. The van der Waals surface area contributed by atoms with E-state index in [0.717, 1.165) is 29.0 Å². The number of para-hydroxylation sites is 1. The van der Waals surface area contributed by atoms with Crippen LogP contribution < -0.4 is 5.32 Å². The topological polar surface area (TPSA) is 49.4 Å². The summed E-state index contributed by atoms with van der Waals surface area (Å²) in [5.41, 5.74) is 1.65. The largest absolute Gasteiger partial charge is 0.337 e. The van der Waals surface area contributed by atoms with E-state index in [1.165, 1.54) is 23.5 Å². The maximum atomic E-state index is 13.1. The zero-order chi connectivity index (χ0) is 20.2. The molecule has 6 heteroatoms. The molecule has 1 atom stereocenters. The molecule has 0 aliphatic carbocycles. The van der Waals surface area contributed by atoms with Crippen molar-refractivity contribution < 1.29 is 14.0 Å². The van der Waals surface area contributed by atoms with E-state index in [2.05, 4.69) is 5.32 Å². The molecule has 3 aromatic rings. The van der Waals surface area contributed by atoms with Crippen LogP contribution in [0.5, 0.6) is 0 Å². The summed E-state index contributed by atoms with van der Waals surface area (Å²) < 4.78 is 13.1. The van der Waals surface area contributed by atoms with Crippen molar-refractivity contribution in [1.82, 2.24) is 4.90 Å². The first-order valence-corrected chi connectivity index (χ1v) is 10.4. The number of anilines is 1. The third kappa shape index (κ3) is 4.54. The smallest absolute Gasteiger partial charge is 0.263 e. The van der Waals surface area contributed by atoms with Gasteiger partial charge in [0.25, 0.3) is 5.91 Å². The fraction of sp³-hybridized carbons (Fsp3) is 0.217. The fourth-order valence-electron chi connectivity index (χ4n) is 3.52. The van der Waals surface area contributed by atoms with Crippen LogP contribution in [0.15, 0.2) is 66.7 Å². The van der Waals surface area contributed by atoms with Crippen LogP contribution in [0.4, 0.5) is 10.1 Å². The van der Waals surface area contributed by atoms with Gasteiger partial charge in [-0.2, -0.15) is 0 Å². The van der Waals surface area contributed by atoms with E-state index in [1.807, 2.05) is 36.4 Å². The van der Waals surface area contributed by atoms with E-state index in [1.54, 1.807) is 23.1 Å². The molecule has 1 unspecified atom stereocenters. The highest BCUT2D eigenvalue weighted by Crippen LogP contribution is 2.30. The zero-order valence-corrected chi connectivity index (χ0v) is 16.6. The first kappa shape index (κ1) is 19.3. The lowest BCUT2D eigenvalue weighted by molar-refractivity contribution is -0.121. The Morgan fingerprint density at radius 1 is 1.00 bits per heavy atom. The van der Waals surface area contributed by atoms with Gasteiger partial charge in [-0.1, -0.05) is 30.3 Å². The van der Waals surface area contributed by atoms with Crippen LogP contribution in [0.3, 0.4) is 0 Å². The molecule has 29 heavy (non-hydrogen) atoms. The van der Waals surface area contributed by atoms with Crippen LogP contribution in [-0.2, 0) is 4.79 Å². The lowest BCUT2D eigenvalue weighted by Gasteiger charge is -2.31. The molecule has 2 amide bonds. The van der Waals surface area contributed by atoms with Crippen LogP contribution in [0, 0.1) is 11.7 Å². The Bertz CT molecular complexity index is 1000. The van der Waals surface area contributed by atoms with Gasteiger partial charge in [-0.3, -0.25) is 9.59 Å². The molecule has 0 saturated carbocycles. The zero-order valence-electron chi connectivity index (χ0n) is 15.8. The van der Waals surface area contributed by atoms with Gasteiger partial charge in [-0.25, -0.2) is 4.39 Å². The molecule has 1 aliphatic rings. The van der Waals surface area contributed by atoms with Crippen LogP contribution in [0.1, 0.15) is 22.5 Å². The second-order valence-electron chi connectivity index (χ2n) is 7.12. The molecule has 4 nitrogen and oxygen atoms in total. The van der Waals surface area contributed by atoms with Crippen molar-refractivity contribution in [3.63, 3.8) is 0 Å². The molecule has 1 aliphatic heterocycles. The highest BCUT2D eigenvalue weighted by molar-refractivity contribution is 7.17. The maximum absolute atomic E-state index is 13.1. The summed E-state index contributed by atoms with van der Waals surface area (Å²) in [7, 11) is 0. The average Bonchev–Trinajstić information content (AvgIpc) is 3.25. The molecule has 1 fully saturated rings. The van der Waals surface area contributed by atoms with Crippen LogP contribution in [-0.4, -0.2) is 29.8 Å². The Morgan fingerprint density at radius 2 is 1.76 bits per heavy atom. The lowest BCUT2D eigenvalue weighted by atomic mass is 9.97. The van der Waals surface area contributed by atoms with Crippen molar-refractivity contribution in [2.24, 2.45) is 5.92 Å². The maximum Gasteiger partial charge on any atom is 0.263 e. The predicted octanol–water partition coefficient (Wildman–Crippen LogP) is 5.05. The predicted molar refractivity (Wildman–Crippen MR) is 113 cm³/mol. The molecule has 1 saturated heterocycles. The molecular weight excluding hydrogens is 387 g/mol. The summed E-state index contributed by atoms with van der Waals surface area (Å²) >= 11 is 1.39. The van der Waals surface area contributed by atoms with E-state index >= 15 is 0 Å². The normalized spacial score (nSPS) is 16.4. The first-order chi connectivity index (χ1) is 14.1. The molecule has 2 aromatic carbocycles. The SMILES string of the molecule is O=C(Nc1ccccc1)C1CCCN(C(=O)c2ccc(-c3ccc(F)cc3)s2)C1. The number of carbonyl (C=O) groups excluding carboxylic acids is 2. The standard InChI is InChI=1S/C23H21FN2O2S/c24-18-10-8-16(9-11-18)20-12-13-21(29-20)23(28)26-14-4-5-17(15-26)22(27)25-19-6-2-1-3-7-19/h1-3,6-13,17H,4-5,14-15H2,(H,25,27). The molecule has 0 bridgehead atoms. The minimum atomic E-state index is -0.283. The van der Waals surface area contributed by atoms with Gasteiger partial charge in [-0.05, 0) is 54.8 Å². The van der Waals surface area contributed by atoms with Crippen molar-refractivity contribution >= 4 is 28.8 Å². The summed E-state index contributed by atoms with van der Waals surface area (Å²) in [6.45, 7) is 1.07. The minimum Gasteiger partial charge on any atom is -0.337 e. The Balaban J connectivity index is 1.42. The highest BCUT2D eigenvalue weighted by Gasteiger charge is 2.29. The van der Waals surface area contributed by atoms with Crippen molar-refractivity contribution in [1.29, 1.82) is 0 Å². The lowest BCUT2D eigenvalue weighted by Crippen LogP contribution is -2.43. The molecule has 1 aromatic heterocycles. The summed E-state index contributed by atoms with van der Waals surface area (Å²) in [5.74, 6) is -0.605. The van der Waals surface area contributed by atoms with Gasteiger partial charge < -0.3 is 10.2 Å². The third-order valence-electron chi connectivity index (χ3n) is 5.07. The van der Waals surface area contributed by atoms with Crippen LogP contribution >= 0.6 is 11.3 Å². The first-order valence-electron chi connectivity index (χ1n) is 9.61. The van der Waals surface area contributed by atoms with Gasteiger partial charge in [0.1, 0.15) is 5.82 Å². The van der Waals surface area contributed by atoms with E-state index in [4.69, 9.17) is 0 Å². The molecule has 0 radical (unpaired) electrons. The highest BCUT2D eigenvalue weighted by atomic mass is 32.1. The number of amides is 2. The number of halogens is 1. The van der Waals surface area contributed by atoms with Crippen molar-refractivity contribution in [3.05, 3.63) is 77.4 Å². The molecular formula is C23H21FN2O2S.